The zero-order valence-corrected chi connectivity index (χ0v) is 25.1. The lowest BCUT2D eigenvalue weighted by atomic mass is 9.97. The van der Waals surface area contributed by atoms with Crippen LogP contribution >= 0.6 is 0 Å². The minimum Gasteiger partial charge on any atom is -0.382 e. The molecule has 0 bridgehead atoms. The Morgan fingerprint density at radius 1 is 1.12 bits per heavy atom. The smallest absolute Gasteiger partial charge is 0.255 e. The van der Waals surface area contributed by atoms with Gasteiger partial charge in [0.2, 0.25) is 5.91 Å². The molecule has 4 N–H and O–H groups in total. The van der Waals surface area contributed by atoms with Crippen LogP contribution in [0.5, 0.6) is 0 Å². The van der Waals surface area contributed by atoms with Gasteiger partial charge in [-0.15, -0.1) is 0 Å². The number of hydrogen-bond donors (Lipinski definition) is 3. The molecule has 2 aromatic carbocycles. The van der Waals surface area contributed by atoms with Gasteiger partial charge < -0.3 is 21.1 Å². The van der Waals surface area contributed by atoms with E-state index in [1.165, 1.54) is 5.56 Å². The summed E-state index contributed by atoms with van der Waals surface area (Å²) in [5.74, 6) is 0.875. The molecule has 10 heteroatoms. The predicted molar refractivity (Wildman–Crippen MR) is 169 cm³/mol. The fourth-order valence-electron chi connectivity index (χ4n) is 5.42. The highest BCUT2D eigenvalue weighted by Gasteiger charge is 2.21. The van der Waals surface area contributed by atoms with Crippen LogP contribution in [0.2, 0.25) is 0 Å². The van der Waals surface area contributed by atoms with E-state index in [4.69, 9.17) is 15.5 Å². The minimum absolute atomic E-state index is 0.212. The van der Waals surface area contributed by atoms with E-state index in [0.29, 0.717) is 59.7 Å². The summed E-state index contributed by atoms with van der Waals surface area (Å²) in [5, 5.41) is 6.02. The first kappa shape index (κ1) is 29.9. The SMILES string of the molecule is Cc1cc(NC(=O)c2cccc(-c3nc([C@H](C)NC(=O)/C=C/CN4CCOCC4)n4ccnc(N)c34)c2)ccc1C(C)C. The van der Waals surface area contributed by atoms with Gasteiger partial charge in [-0.3, -0.25) is 18.9 Å². The first-order chi connectivity index (χ1) is 20.7. The van der Waals surface area contributed by atoms with E-state index >= 15 is 0 Å². The molecule has 0 spiro atoms. The monoisotopic (exact) mass is 581 g/mol. The molecule has 5 rings (SSSR count). The molecule has 224 valence electrons. The predicted octanol–water partition coefficient (Wildman–Crippen LogP) is 4.73. The largest absolute Gasteiger partial charge is 0.382 e. The summed E-state index contributed by atoms with van der Waals surface area (Å²) in [6.45, 7) is 12.1. The first-order valence-corrected chi connectivity index (χ1v) is 14.6. The minimum atomic E-state index is -0.424. The van der Waals surface area contributed by atoms with Crippen molar-refractivity contribution in [3.05, 3.63) is 89.5 Å². The highest BCUT2D eigenvalue weighted by Crippen LogP contribution is 2.31. The number of hydrogen-bond acceptors (Lipinski definition) is 7. The standard InChI is InChI=1S/C33H39N7O3/c1-21(2)27-11-10-26(19-22(27)3)37-33(42)25-8-5-7-24(20-25)29-30-31(34)35-12-14-40(30)32(38-29)23(4)36-28(41)9-6-13-39-15-17-43-18-16-39/h5-12,14,19-21,23H,13,15-18H2,1-4H3,(H2,34,35)(H,36,41)(H,37,42)/b9-6+/t23-/m0/s1. The number of amides is 2. The number of carbonyl (C=O) groups is 2. The van der Waals surface area contributed by atoms with Gasteiger partial charge in [0.05, 0.1) is 19.3 Å². The summed E-state index contributed by atoms with van der Waals surface area (Å²) < 4.78 is 7.21. The summed E-state index contributed by atoms with van der Waals surface area (Å²) in [6.07, 6.45) is 6.79. The van der Waals surface area contributed by atoms with E-state index in [-0.39, 0.29) is 11.8 Å². The van der Waals surface area contributed by atoms with Gasteiger partial charge in [0.1, 0.15) is 22.9 Å². The fourth-order valence-corrected chi connectivity index (χ4v) is 5.42. The maximum atomic E-state index is 13.2. The average molecular weight is 582 g/mol. The van der Waals surface area contributed by atoms with Crippen LogP contribution in [-0.4, -0.2) is 63.9 Å². The molecular formula is C33H39N7O3. The van der Waals surface area contributed by atoms with Crippen molar-refractivity contribution in [1.82, 2.24) is 24.6 Å². The van der Waals surface area contributed by atoms with Crippen LogP contribution in [0.15, 0.2) is 67.0 Å². The summed E-state index contributed by atoms with van der Waals surface area (Å²) in [6, 6.07) is 12.8. The molecule has 0 saturated carbocycles. The van der Waals surface area contributed by atoms with Gasteiger partial charge in [-0.1, -0.05) is 38.1 Å². The van der Waals surface area contributed by atoms with Crippen LogP contribution in [-0.2, 0) is 9.53 Å². The lowest BCUT2D eigenvalue weighted by Gasteiger charge is -2.25. The van der Waals surface area contributed by atoms with E-state index in [9.17, 15) is 9.59 Å². The first-order valence-electron chi connectivity index (χ1n) is 14.6. The van der Waals surface area contributed by atoms with Crippen LogP contribution < -0.4 is 16.4 Å². The lowest BCUT2D eigenvalue weighted by molar-refractivity contribution is -0.117. The Balaban J connectivity index is 1.36. The second-order valence-electron chi connectivity index (χ2n) is 11.2. The summed E-state index contributed by atoms with van der Waals surface area (Å²) in [5.41, 5.74) is 11.8. The Hall–Kier alpha value is -4.54. The fraction of sp³-hybridized carbons (Fsp3) is 0.333. The molecule has 10 nitrogen and oxygen atoms in total. The van der Waals surface area contributed by atoms with E-state index in [1.54, 1.807) is 30.6 Å². The van der Waals surface area contributed by atoms with Crippen LogP contribution in [0, 0.1) is 6.92 Å². The van der Waals surface area contributed by atoms with Gasteiger partial charge in [0.15, 0.2) is 0 Å². The second kappa shape index (κ2) is 13.2. The highest BCUT2D eigenvalue weighted by molar-refractivity contribution is 6.05. The molecule has 3 heterocycles. The van der Waals surface area contributed by atoms with Gasteiger partial charge in [0, 0.05) is 54.9 Å². The third-order valence-corrected chi connectivity index (χ3v) is 7.64. The molecule has 1 saturated heterocycles. The van der Waals surface area contributed by atoms with Gasteiger partial charge >= 0.3 is 0 Å². The molecular weight excluding hydrogens is 542 g/mol. The molecule has 2 amide bonds. The molecule has 43 heavy (non-hydrogen) atoms. The summed E-state index contributed by atoms with van der Waals surface area (Å²) in [4.78, 5) is 37.4. The number of nitrogen functional groups attached to an aromatic ring is 1. The number of aromatic nitrogens is 3. The van der Waals surface area contributed by atoms with Crippen molar-refractivity contribution in [2.45, 2.75) is 39.7 Å². The van der Waals surface area contributed by atoms with Crippen molar-refractivity contribution >= 4 is 28.8 Å². The average Bonchev–Trinajstić information content (AvgIpc) is 3.39. The second-order valence-corrected chi connectivity index (χ2v) is 11.2. The van der Waals surface area contributed by atoms with Gasteiger partial charge in [-0.05, 0) is 55.2 Å². The Morgan fingerprint density at radius 3 is 2.65 bits per heavy atom. The molecule has 4 aromatic rings. The number of rotatable bonds is 9. The molecule has 0 radical (unpaired) electrons. The van der Waals surface area contributed by atoms with Gasteiger partial charge in [0.25, 0.3) is 5.91 Å². The number of nitrogens with zero attached hydrogens (tertiary/aromatic N) is 4. The Morgan fingerprint density at radius 2 is 1.91 bits per heavy atom. The van der Waals surface area contributed by atoms with Crippen LogP contribution in [0.1, 0.15) is 60.0 Å². The number of morpholine rings is 1. The number of nitrogens with two attached hydrogens (primary N) is 1. The normalized spacial score (nSPS) is 14.8. The van der Waals surface area contributed by atoms with Crippen molar-refractivity contribution < 1.29 is 14.3 Å². The van der Waals surface area contributed by atoms with Crippen LogP contribution in [0.25, 0.3) is 16.8 Å². The van der Waals surface area contributed by atoms with E-state index in [2.05, 4.69) is 47.4 Å². The molecule has 1 aliphatic rings. The number of imidazole rings is 1. The van der Waals surface area contributed by atoms with Crippen LogP contribution in [0.3, 0.4) is 0 Å². The van der Waals surface area contributed by atoms with Gasteiger partial charge in [-0.25, -0.2) is 9.97 Å². The zero-order valence-electron chi connectivity index (χ0n) is 25.1. The highest BCUT2D eigenvalue weighted by atomic mass is 16.5. The number of benzene rings is 2. The zero-order chi connectivity index (χ0) is 30.5. The number of anilines is 2. The third-order valence-electron chi connectivity index (χ3n) is 7.64. The van der Waals surface area contributed by atoms with Crippen LogP contribution in [0.4, 0.5) is 11.5 Å². The van der Waals surface area contributed by atoms with Gasteiger partial charge in [-0.2, -0.15) is 0 Å². The Labute approximate surface area is 252 Å². The number of ether oxygens (including phenoxy) is 1. The maximum Gasteiger partial charge on any atom is 0.255 e. The quantitative estimate of drug-likeness (QED) is 0.244. The summed E-state index contributed by atoms with van der Waals surface area (Å²) >= 11 is 0. The molecule has 0 aliphatic carbocycles. The molecule has 1 atom stereocenters. The van der Waals surface area contributed by atoms with Crippen molar-refractivity contribution in [2.75, 3.05) is 43.9 Å². The molecule has 2 aromatic heterocycles. The van der Waals surface area contributed by atoms with Crippen molar-refractivity contribution in [1.29, 1.82) is 0 Å². The van der Waals surface area contributed by atoms with Crippen molar-refractivity contribution in [3.63, 3.8) is 0 Å². The maximum absolute atomic E-state index is 13.2. The number of aryl methyl sites for hydroxylation is 1. The third kappa shape index (κ3) is 6.93. The number of fused-ring (bicyclic) bond motifs is 1. The summed E-state index contributed by atoms with van der Waals surface area (Å²) in [7, 11) is 0. The number of nitrogens with one attached hydrogen (secondary N) is 2. The topological polar surface area (TPSA) is 127 Å². The molecule has 1 fully saturated rings. The van der Waals surface area contributed by atoms with E-state index < -0.39 is 6.04 Å². The van der Waals surface area contributed by atoms with Crippen molar-refractivity contribution in [3.8, 4) is 11.3 Å². The van der Waals surface area contributed by atoms with E-state index in [0.717, 1.165) is 24.3 Å². The Kier molecular flexibility index (Phi) is 9.18. The molecule has 0 unspecified atom stereocenters. The van der Waals surface area contributed by atoms with Crippen molar-refractivity contribution in [2.24, 2.45) is 0 Å². The Bertz CT molecular complexity index is 1650. The number of carbonyl (C=O) groups excluding carboxylic acids is 2. The molecule has 1 aliphatic heterocycles. The lowest BCUT2D eigenvalue weighted by Crippen LogP contribution is -2.36. The van der Waals surface area contributed by atoms with E-state index in [1.807, 2.05) is 41.7 Å².